The first-order chi connectivity index (χ1) is 14.8. The number of ether oxygens (including phenoxy) is 2. The normalized spacial score (nSPS) is 16.7. The van der Waals surface area contributed by atoms with Crippen molar-refractivity contribution < 1.29 is 37.3 Å². The molecule has 1 aromatic rings. The van der Waals surface area contributed by atoms with Gasteiger partial charge in [-0.15, -0.1) is 13.2 Å². The Hall–Kier alpha value is -3.49. The number of carbonyl (C=O) groups excluding carboxylic acids is 1. The first-order valence-corrected chi connectivity index (χ1v) is 9.70. The highest BCUT2D eigenvalue weighted by Crippen LogP contribution is 2.40. The number of carboxylic acid groups (broad SMARTS) is 1. The number of alkyl halides is 3. The fourth-order valence-electron chi connectivity index (χ4n) is 3.11. The van der Waals surface area contributed by atoms with Crippen LogP contribution in [0.5, 0.6) is 0 Å². The number of anilines is 1. The molecule has 0 aliphatic carbocycles. The van der Waals surface area contributed by atoms with E-state index in [9.17, 15) is 22.8 Å². The number of cyclic esters (lactones) is 1. The second kappa shape index (κ2) is 9.76. The number of fused-ring (bicyclic) bond motifs is 1. The van der Waals surface area contributed by atoms with E-state index < -0.39 is 24.0 Å². The van der Waals surface area contributed by atoms with Crippen molar-refractivity contribution in [2.45, 2.75) is 39.7 Å². The molecule has 0 fully saturated rings. The number of benzene rings is 1. The van der Waals surface area contributed by atoms with Gasteiger partial charge in [0.15, 0.2) is 0 Å². The zero-order chi connectivity index (χ0) is 24.1. The summed E-state index contributed by atoms with van der Waals surface area (Å²) in [5, 5.41) is 8.85. The highest BCUT2D eigenvalue weighted by molar-refractivity contribution is 5.92. The maximum absolute atomic E-state index is 12.3. The summed E-state index contributed by atoms with van der Waals surface area (Å²) in [7, 11) is 0. The molecule has 1 amide bonds. The number of allylic oxidation sites excluding steroid dienone is 5. The third-order valence-corrected chi connectivity index (χ3v) is 4.65. The smallest absolute Gasteiger partial charge is 0.478 e. The second-order valence-corrected chi connectivity index (χ2v) is 7.41. The summed E-state index contributed by atoms with van der Waals surface area (Å²) >= 11 is 0. The second-order valence-electron chi connectivity index (χ2n) is 7.41. The third-order valence-electron chi connectivity index (χ3n) is 4.65. The van der Waals surface area contributed by atoms with Crippen LogP contribution < -0.4 is 4.90 Å². The number of aliphatic carboxylic acids is 1. The van der Waals surface area contributed by atoms with Crippen LogP contribution in [0.1, 0.15) is 37.5 Å². The molecule has 0 radical (unpaired) electrons. The van der Waals surface area contributed by atoms with Crippen LogP contribution >= 0.6 is 0 Å². The van der Waals surface area contributed by atoms with E-state index in [0.29, 0.717) is 24.1 Å². The largest absolute Gasteiger partial charge is 0.572 e. The first kappa shape index (κ1) is 24.8. The van der Waals surface area contributed by atoms with E-state index in [1.165, 1.54) is 17.1 Å². The predicted molar refractivity (Wildman–Crippen MR) is 114 cm³/mol. The van der Waals surface area contributed by atoms with E-state index in [-0.39, 0.29) is 0 Å². The Bertz CT molecular complexity index is 1000. The van der Waals surface area contributed by atoms with Gasteiger partial charge in [-0.2, -0.15) is 0 Å². The minimum atomic E-state index is -4.81. The lowest BCUT2D eigenvalue weighted by Crippen LogP contribution is -2.43. The summed E-state index contributed by atoms with van der Waals surface area (Å²) in [6, 6.07) is 3.74. The van der Waals surface area contributed by atoms with E-state index in [4.69, 9.17) is 9.84 Å². The van der Waals surface area contributed by atoms with Gasteiger partial charge in [0.25, 0.3) is 0 Å². The molecule has 1 aliphatic heterocycles. The van der Waals surface area contributed by atoms with Crippen molar-refractivity contribution >= 4 is 23.8 Å². The van der Waals surface area contributed by atoms with Crippen LogP contribution in [0.4, 0.5) is 23.7 Å². The lowest BCUT2D eigenvalue weighted by atomic mass is 9.90. The number of carbonyl (C=O) groups is 2. The molecule has 0 unspecified atom stereocenters. The highest BCUT2D eigenvalue weighted by atomic mass is 19.4. The van der Waals surface area contributed by atoms with Gasteiger partial charge in [-0.05, 0) is 68.7 Å². The quantitative estimate of drug-likeness (QED) is 0.320. The highest BCUT2D eigenvalue weighted by Gasteiger charge is 2.38. The Morgan fingerprint density at radius 2 is 1.94 bits per heavy atom. The number of amides is 1. The van der Waals surface area contributed by atoms with Crippen LogP contribution in [0, 0.1) is 6.92 Å². The van der Waals surface area contributed by atoms with Crippen LogP contribution in [-0.2, 0) is 19.9 Å². The van der Waals surface area contributed by atoms with Gasteiger partial charge in [0.1, 0.15) is 5.60 Å². The minimum absolute atomic E-state index is 0.318. The van der Waals surface area contributed by atoms with Gasteiger partial charge in [-0.25, -0.2) is 9.59 Å². The van der Waals surface area contributed by atoms with Crippen LogP contribution in [0.15, 0.2) is 54.3 Å². The Labute approximate surface area is 183 Å². The zero-order valence-corrected chi connectivity index (χ0v) is 18.1. The molecule has 9 heteroatoms. The molecule has 0 bridgehead atoms. The molecule has 6 nitrogen and oxygen atoms in total. The molecule has 1 aliphatic rings. The molecule has 0 spiro atoms. The van der Waals surface area contributed by atoms with Crippen LogP contribution in [0.2, 0.25) is 0 Å². The number of carboxylic acids is 1. The number of halogens is 3. The topological polar surface area (TPSA) is 76.1 Å². The van der Waals surface area contributed by atoms with Crippen molar-refractivity contribution in [3.05, 3.63) is 71.0 Å². The lowest BCUT2D eigenvalue weighted by molar-refractivity contribution is -0.298. The fraction of sp³-hybridized carbons (Fsp3) is 0.304. The van der Waals surface area contributed by atoms with Gasteiger partial charge in [0, 0.05) is 18.2 Å². The Morgan fingerprint density at radius 3 is 2.53 bits per heavy atom. The summed E-state index contributed by atoms with van der Waals surface area (Å²) in [6.45, 7) is 7.71. The van der Waals surface area contributed by atoms with Crippen LogP contribution in [0.3, 0.4) is 0 Å². The van der Waals surface area contributed by atoms with Crippen molar-refractivity contribution in [1.82, 2.24) is 0 Å². The van der Waals surface area contributed by atoms with E-state index in [0.717, 1.165) is 28.8 Å². The number of nitrogens with zero attached hydrogens (tertiary/aromatic N) is 1. The van der Waals surface area contributed by atoms with Gasteiger partial charge in [-0.3, -0.25) is 4.90 Å². The first-order valence-electron chi connectivity index (χ1n) is 9.70. The molecule has 1 aromatic carbocycles. The maximum atomic E-state index is 12.3. The van der Waals surface area contributed by atoms with Gasteiger partial charge < -0.3 is 14.6 Å². The number of hydrogen-bond acceptors (Lipinski definition) is 4. The molecule has 172 valence electrons. The summed E-state index contributed by atoms with van der Waals surface area (Å²) in [4.78, 5) is 24.7. The number of rotatable bonds is 7. The standard InChI is InChI=1S/C23H24F3NO5/c1-5-27-19-14-17(15(2)13-18(19)22(3,4)32-21(27)30)10-8-16(9-11-20(28)29)7-6-12-31-23(24,25)26/h6-14H,5H2,1-4H3,(H,28,29). The van der Waals surface area contributed by atoms with Gasteiger partial charge in [0.2, 0.25) is 0 Å². The molecular formula is C23H24F3NO5. The molecule has 0 atom stereocenters. The third kappa shape index (κ3) is 6.50. The van der Waals surface area contributed by atoms with Crippen LogP contribution in [0.25, 0.3) is 6.08 Å². The summed E-state index contributed by atoms with van der Waals surface area (Å²) in [6.07, 6.45) is 2.82. The maximum Gasteiger partial charge on any atom is 0.572 e. The molecule has 2 rings (SSSR count). The predicted octanol–water partition coefficient (Wildman–Crippen LogP) is 5.84. The monoisotopic (exact) mass is 451 g/mol. The van der Waals surface area contributed by atoms with Crippen molar-refractivity contribution in [3.63, 3.8) is 0 Å². The van der Waals surface area contributed by atoms with E-state index in [2.05, 4.69) is 4.74 Å². The summed E-state index contributed by atoms with van der Waals surface area (Å²) in [5.41, 5.74) is 2.69. The molecule has 0 saturated heterocycles. The summed E-state index contributed by atoms with van der Waals surface area (Å²) < 4.78 is 45.4. The van der Waals surface area contributed by atoms with Gasteiger partial charge >= 0.3 is 18.4 Å². The molecular weight excluding hydrogens is 427 g/mol. The number of hydrogen-bond donors (Lipinski definition) is 1. The molecule has 0 saturated carbocycles. The van der Waals surface area contributed by atoms with Crippen LogP contribution in [-0.4, -0.2) is 30.1 Å². The lowest BCUT2D eigenvalue weighted by Gasteiger charge is -2.38. The Kier molecular flexibility index (Phi) is 7.56. The summed E-state index contributed by atoms with van der Waals surface area (Å²) in [5.74, 6) is -1.20. The molecule has 32 heavy (non-hydrogen) atoms. The average molecular weight is 451 g/mol. The van der Waals surface area contributed by atoms with E-state index in [1.807, 2.05) is 26.0 Å². The van der Waals surface area contributed by atoms with Crippen molar-refractivity contribution in [3.8, 4) is 0 Å². The van der Waals surface area contributed by atoms with Crippen molar-refractivity contribution in [2.75, 3.05) is 11.4 Å². The van der Waals surface area contributed by atoms with E-state index >= 15 is 0 Å². The van der Waals surface area contributed by atoms with Crippen molar-refractivity contribution in [2.24, 2.45) is 0 Å². The van der Waals surface area contributed by atoms with Gasteiger partial charge in [-0.1, -0.05) is 18.2 Å². The van der Waals surface area contributed by atoms with Crippen molar-refractivity contribution in [1.29, 1.82) is 0 Å². The molecule has 1 N–H and O–H groups in total. The van der Waals surface area contributed by atoms with Gasteiger partial charge in [0.05, 0.1) is 11.9 Å². The average Bonchev–Trinajstić information content (AvgIpc) is 2.66. The minimum Gasteiger partial charge on any atom is -0.478 e. The van der Waals surface area contributed by atoms with E-state index in [1.54, 1.807) is 26.0 Å². The SMILES string of the molecule is CCN1C(=O)OC(C)(C)c2cc(C)c(C=CC(C=CC(=O)O)=CC=COC(F)(F)F)cc21. The molecule has 1 heterocycles. The fourth-order valence-corrected chi connectivity index (χ4v) is 3.11. The molecule has 0 aromatic heterocycles. The zero-order valence-electron chi connectivity index (χ0n) is 18.1. The Balaban J connectivity index is 2.43. The number of aryl methyl sites for hydroxylation is 1. The Morgan fingerprint density at radius 1 is 1.25 bits per heavy atom.